The Morgan fingerprint density at radius 2 is 1.36 bits per heavy atom. The predicted molar refractivity (Wildman–Crippen MR) is 209 cm³/mol. The molecule has 1 aliphatic rings. The Bertz CT molecular complexity index is 2310. The summed E-state index contributed by atoms with van der Waals surface area (Å²) in [5, 5.41) is 21.8. The number of aromatic nitrogens is 4. The van der Waals surface area contributed by atoms with Gasteiger partial charge in [-0.3, -0.25) is 0 Å². The molecule has 55 heavy (non-hydrogen) atoms. The van der Waals surface area contributed by atoms with Crippen molar-refractivity contribution in [2.75, 3.05) is 34.4 Å². The van der Waals surface area contributed by atoms with Crippen molar-refractivity contribution in [1.29, 1.82) is 0 Å². The minimum absolute atomic E-state index is 0.0163. The maximum atomic E-state index is 15.4. The third-order valence-electron chi connectivity index (χ3n) is 9.02. The monoisotopic (exact) mass is 903 g/mol. The summed E-state index contributed by atoms with van der Waals surface area (Å²) in [5.41, 5.74) is 1.97. The second kappa shape index (κ2) is 16.9. The SMILES string of the molecule is COc1ccc(CN(Cc2ccc(OC)cc2)S(=O)(=O)c2c(S(=O)(=O)NC3CCN(C(=O)O)C3)ccc(I)c2-c2nnnn2Cc2ccc(OC)cc2)cc1. The number of hydrogen-bond donors (Lipinski definition) is 2. The zero-order chi connectivity index (χ0) is 39.3. The number of rotatable bonds is 15. The van der Waals surface area contributed by atoms with Crippen LogP contribution in [0.3, 0.4) is 0 Å². The number of methoxy groups -OCH3 is 3. The fourth-order valence-electron chi connectivity index (χ4n) is 6.15. The van der Waals surface area contributed by atoms with Crippen molar-refractivity contribution in [2.24, 2.45) is 0 Å². The van der Waals surface area contributed by atoms with Crippen molar-refractivity contribution in [3.63, 3.8) is 0 Å². The fraction of sp³-hybridized carbons (Fsp3) is 0.278. The van der Waals surface area contributed by atoms with Gasteiger partial charge in [0.15, 0.2) is 5.82 Å². The summed E-state index contributed by atoms with van der Waals surface area (Å²) in [7, 11) is -4.78. The molecule has 0 bridgehead atoms. The maximum absolute atomic E-state index is 15.4. The molecular weight excluding hydrogens is 865 g/mol. The largest absolute Gasteiger partial charge is 0.497 e. The van der Waals surface area contributed by atoms with Gasteiger partial charge in [0.25, 0.3) is 0 Å². The summed E-state index contributed by atoms with van der Waals surface area (Å²) in [6, 6.07) is 22.8. The molecule has 0 radical (unpaired) electrons. The predicted octanol–water partition coefficient (Wildman–Crippen LogP) is 4.44. The van der Waals surface area contributed by atoms with E-state index in [1.54, 1.807) is 67.8 Å². The zero-order valence-electron chi connectivity index (χ0n) is 30.0. The highest BCUT2D eigenvalue weighted by Gasteiger charge is 2.39. The van der Waals surface area contributed by atoms with Crippen LogP contribution in [0.1, 0.15) is 23.1 Å². The van der Waals surface area contributed by atoms with Crippen molar-refractivity contribution in [2.45, 2.75) is 41.9 Å². The van der Waals surface area contributed by atoms with E-state index in [0.717, 1.165) is 10.5 Å². The van der Waals surface area contributed by atoms with Crippen LogP contribution in [-0.4, -0.2) is 97.9 Å². The van der Waals surface area contributed by atoms with Crippen molar-refractivity contribution in [3.05, 3.63) is 105 Å². The lowest BCUT2D eigenvalue weighted by Crippen LogP contribution is -2.39. The number of carbonyl (C=O) groups is 1. The van der Waals surface area contributed by atoms with E-state index in [1.807, 2.05) is 34.7 Å². The van der Waals surface area contributed by atoms with Gasteiger partial charge in [-0.2, -0.15) is 4.31 Å². The Hall–Kier alpha value is -4.83. The van der Waals surface area contributed by atoms with Crippen LogP contribution in [0.2, 0.25) is 0 Å². The standard InChI is InChI=1S/C36H38IN7O9S2/c1-51-28-10-4-24(5-11-28)20-43(21-25-6-12-29(52-2)13-7-25)55(49,50)34-32(54(47,48)39-27-18-19-42(23-27)36(45)46)17-16-31(37)33(34)35-38-40-41-44(35)22-26-8-14-30(53-3)15-9-26/h4-17,27,39H,18-23H2,1-3H3,(H,45,46). The molecule has 2 heterocycles. The van der Waals surface area contributed by atoms with E-state index in [9.17, 15) is 18.3 Å². The molecule has 1 aliphatic heterocycles. The summed E-state index contributed by atoms with van der Waals surface area (Å²) in [5.74, 6) is 1.80. The van der Waals surface area contributed by atoms with Crippen LogP contribution in [-0.2, 0) is 39.7 Å². The molecule has 1 saturated heterocycles. The van der Waals surface area contributed by atoms with E-state index in [-0.39, 0.29) is 50.5 Å². The van der Waals surface area contributed by atoms with Gasteiger partial charge in [-0.05, 0) is 105 Å². The fourth-order valence-corrected chi connectivity index (χ4v) is 10.7. The molecule has 6 rings (SSSR count). The third-order valence-corrected chi connectivity index (χ3v) is 13.5. The minimum Gasteiger partial charge on any atom is -0.497 e. The molecule has 1 unspecified atom stereocenters. The Kier molecular flexibility index (Phi) is 12.2. The Morgan fingerprint density at radius 3 is 1.85 bits per heavy atom. The lowest BCUT2D eigenvalue weighted by atomic mass is 10.2. The van der Waals surface area contributed by atoms with E-state index in [0.29, 0.717) is 31.9 Å². The van der Waals surface area contributed by atoms with Gasteiger partial charge in [0, 0.05) is 35.8 Å². The molecule has 4 aromatic carbocycles. The first-order valence-corrected chi connectivity index (χ1v) is 20.8. The van der Waals surface area contributed by atoms with Crippen LogP contribution in [0.4, 0.5) is 4.79 Å². The molecule has 0 saturated carbocycles. The first-order valence-electron chi connectivity index (χ1n) is 16.8. The van der Waals surface area contributed by atoms with E-state index >= 15 is 8.42 Å². The zero-order valence-corrected chi connectivity index (χ0v) is 33.8. The molecule has 5 aromatic rings. The molecular formula is C36H38IN7O9S2. The van der Waals surface area contributed by atoms with Gasteiger partial charge in [0.2, 0.25) is 20.0 Å². The molecule has 1 fully saturated rings. The number of hydrogen-bond acceptors (Lipinski definition) is 11. The first-order chi connectivity index (χ1) is 26.3. The maximum Gasteiger partial charge on any atom is 0.407 e. The number of benzene rings is 4. The van der Waals surface area contributed by atoms with Crippen molar-refractivity contribution < 1.29 is 40.9 Å². The quantitative estimate of drug-likeness (QED) is 0.141. The lowest BCUT2D eigenvalue weighted by Gasteiger charge is -2.26. The molecule has 16 nitrogen and oxygen atoms in total. The summed E-state index contributed by atoms with van der Waals surface area (Å²) < 4.78 is 81.2. The van der Waals surface area contributed by atoms with Crippen LogP contribution in [0.15, 0.2) is 94.7 Å². The van der Waals surface area contributed by atoms with Crippen molar-refractivity contribution >= 4 is 48.7 Å². The number of tetrazole rings is 1. The highest BCUT2D eigenvalue weighted by molar-refractivity contribution is 14.1. The van der Waals surface area contributed by atoms with Crippen LogP contribution < -0.4 is 18.9 Å². The highest BCUT2D eigenvalue weighted by atomic mass is 127. The van der Waals surface area contributed by atoms with E-state index in [1.165, 1.54) is 35.3 Å². The minimum atomic E-state index is -4.76. The first kappa shape index (κ1) is 39.9. The normalized spacial score (nSPS) is 14.6. The van der Waals surface area contributed by atoms with Crippen LogP contribution >= 0.6 is 22.6 Å². The molecule has 19 heteroatoms. The Labute approximate surface area is 332 Å². The summed E-state index contributed by atoms with van der Waals surface area (Å²) in [6.07, 6.45) is -0.982. The van der Waals surface area contributed by atoms with Crippen molar-refractivity contribution in [1.82, 2.24) is 34.1 Å². The number of likely N-dealkylation sites (tertiary alicyclic amines) is 1. The number of sulfonamides is 2. The smallest absolute Gasteiger partial charge is 0.407 e. The average Bonchev–Trinajstić information content (AvgIpc) is 3.84. The topological polar surface area (TPSA) is 195 Å². The third kappa shape index (κ3) is 9.01. The van der Waals surface area contributed by atoms with Crippen LogP contribution in [0.25, 0.3) is 11.4 Å². The van der Waals surface area contributed by atoms with Crippen LogP contribution in [0.5, 0.6) is 17.2 Å². The number of halogens is 1. The van der Waals surface area contributed by atoms with Gasteiger partial charge in [0.1, 0.15) is 27.0 Å². The molecule has 1 atom stereocenters. The summed E-state index contributed by atoms with van der Waals surface area (Å²) in [4.78, 5) is 11.7. The highest BCUT2D eigenvalue weighted by Crippen LogP contribution is 2.39. The summed E-state index contributed by atoms with van der Waals surface area (Å²) in [6.45, 7) is -0.170. The van der Waals surface area contributed by atoms with Gasteiger partial charge < -0.3 is 24.2 Å². The molecule has 290 valence electrons. The summed E-state index contributed by atoms with van der Waals surface area (Å²) >= 11 is 1.95. The van der Waals surface area contributed by atoms with Gasteiger partial charge in [-0.1, -0.05) is 36.4 Å². The molecule has 1 amide bonds. The Balaban J connectivity index is 1.53. The van der Waals surface area contributed by atoms with Gasteiger partial charge in [-0.15, -0.1) is 5.10 Å². The van der Waals surface area contributed by atoms with Gasteiger partial charge >= 0.3 is 6.09 Å². The van der Waals surface area contributed by atoms with Crippen LogP contribution in [0, 0.1) is 3.57 Å². The molecule has 0 aliphatic carbocycles. The Morgan fingerprint density at radius 1 is 0.836 bits per heavy atom. The lowest BCUT2D eigenvalue weighted by molar-refractivity contribution is 0.155. The number of nitrogens with zero attached hydrogens (tertiary/aromatic N) is 6. The van der Waals surface area contributed by atoms with Crippen molar-refractivity contribution in [3.8, 4) is 28.6 Å². The second-order valence-electron chi connectivity index (χ2n) is 12.6. The number of amides is 1. The average molecular weight is 904 g/mol. The van der Waals surface area contributed by atoms with Gasteiger partial charge in [0.05, 0.1) is 33.4 Å². The molecule has 0 spiro atoms. The second-order valence-corrected chi connectivity index (χ2v) is 17.3. The molecule has 2 N–H and O–H groups in total. The van der Waals surface area contributed by atoms with Gasteiger partial charge in [-0.25, -0.2) is 31.0 Å². The molecule has 1 aromatic heterocycles. The number of nitrogens with one attached hydrogen (secondary N) is 1. The van der Waals surface area contributed by atoms with E-state index in [2.05, 4.69) is 20.2 Å². The number of carboxylic acid groups (broad SMARTS) is 1. The van der Waals surface area contributed by atoms with E-state index in [4.69, 9.17) is 14.2 Å². The van der Waals surface area contributed by atoms with E-state index < -0.39 is 42.0 Å². The number of ether oxygens (including phenoxy) is 3.